The number of carbonyl (C=O) groups is 1. The predicted octanol–water partition coefficient (Wildman–Crippen LogP) is 3.69. The van der Waals surface area contributed by atoms with Crippen molar-refractivity contribution in [3.8, 4) is 11.8 Å². The summed E-state index contributed by atoms with van der Waals surface area (Å²) >= 11 is 0. The fraction of sp³-hybridized carbons (Fsp3) is 0.227. The van der Waals surface area contributed by atoms with E-state index in [1.807, 2.05) is 24.3 Å². The molecule has 0 aromatic heterocycles. The van der Waals surface area contributed by atoms with Gasteiger partial charge < -0.3 is 4.74 Å². The predicted molar refractivity (Wildman–Crippen MR) is 100 cm³/mol. The molecule has 4 heteroatoms. The van der Waals surface area contributed by atoms with Crippen molar-refractivity contribution in [3.63, 3.8) is 0 Å². The van der Waals surface area contributed by atoms with Crippen LogP contribution in [0.1, 0.15) is 27.0 Å². The number of carbonyl (C=O) groups excluding carboxylic acids is 1. The topological polar surface area (TPSA) is 29.5 Å². The highest BCUT2D eigenvalue weighted by molar-refractivity contribution is 5.75. The van der Waals surface area contributed by atoms with Crippen molar-refractivity contribution in [2.24, 2.45) is 0 Å². The number of rotatable bonds is 4. The first-order valence-electron chi connectivity index (χ1n) is 8.56. The average molecular weight is 349 g/mol. The Morgan fingerprint density at radius 3 is 2.35 bits per heavy atom. The Hall–Kier alpha value is -2.74. The van der Waals surface area contributed by atoms with Crippen LogP contribution in [0.3, 0.4) is 0 Å². The number of ether oxygens (including phenoxy) is 1. The molecule has 0 aliphatic carbocycles. The first-order valence-corrected chi connectivity index (χ1v) is 8.56. The number of morpholine rings is 1. The molecule has 26 heavy (non-hydrogen) atoms. The average Bonchev–Trinajstić information content (AvgIpc) is 2.69. The molecule has 1 aliphatic rings. The Morgan fingerprint density at radius 1 is 1.04 bits per heavy atom. The van der Waals surface area contributed by atoms with Gasteiger partial charge in [0.2, 0.25) is 0 Å². The van der Waals surface area contributed by atoms with Crippen LogP contribution in [0.5, 0.6) is 0 Å². The molecule has 3 nitrogen and oxygen atoms in total. The van der Waals surface area contributed by atoms with Crippen molar-refractivity contribution >= 4 is 12.4 Å². The van der Waals surface area contributed by atoms with Crippen LogP contribution in [-0.4, -0.2) is 37.5 Å². The Labute approximate surface area is 153 Å². The minimum Gasteiger partial charge on any atom is -0.379 e. The maximum Gasteiger partial charge on any atom is 0.174 e. The summed E-state index contributed by atoms with van der Waals surface area (Å²) in [6.45, 7) is 4.36. The van der Waals surface area contributed by atoms with Crippen molar-refractivity contribution in [1.29, 1.82) is 0 Å². The second kappa shape index (κ2) is 9.10. The molecule has 0 unspecified atom stereocenters. The summed E-state index contributed by atoms with van der Waals surface area (Å²) in [5.41, 5.74) is 3.22. The van der Waals surface area contributed by atoms with Crippen molar-refractivity contribution in [3.05, 3.63) is 76.6 Å². The summed E-state index contributed by atoms with van der Waals surface area (Å²) in [6, 6.07) is 14.5. The van der Waals surface area contributed by atoms with Gasteiger partial charge in [-0.1, -0.05) is 42.3 Å². The number of hydrogen-bond acceptors (Lipinski definition) is 3. The number of halogens is 1. The first-order chi connectivity index (χ1) is 12.7. The molecule has 1 saturated heterocycles. The van der Waals surface area contributed by atoms with Crippen LogP contribution >= 0.6 is 0 Å². The largest absolute Gasteiger partial charge is 0.379 e. The van der Waals surface area contributed by atoms with Crippen LogP contribution in [0, 0.1) is 11.8 Å². The number of nitrogens with zero attached hydrogens (tertiary/aromatic N) is 1. The van der Waals surface area contributed by atoms with Crippen LogP contribution in [0.2, 0.25) is 0 Å². The van der Waals surface area contributed by atoms with Gasteiger partial charge in [0.1, 0.15) is 6.29 Å². The van der Waals surface area contributed by atoms with E-state index in [1.54, 1.807) is 24.3 Å². The number of hydrogen-bond donors (Lipinski definition) is 0. The second-order valence-electron chi connectivity index (χ2n) is 6.11. The molecule has 0 atom stereocenters. The third kappa shape index (κ3) is 5.38. The maximum absolute atomic E-state index is 13.9. The van der Waals surface area contributed by atoms with Gasteiger partial charge in [0.05, 0.1) is 13.2 Å². The third-order valence-electron chi connectivity index (χ3n) is 4.16. The van der Waals surface area contributed by atoms with E-state index in [1.165, 1.54) is 11.6 Å². The van der Waals surface area contributed by atoms with E-state index in [2.05, 4.69) is 16.7 Å². The molecule has 3 rings (SSSR count). The highest BCUT2D eigenvalue weighted by Crippen LogP contribution is 2.11. The van der Waals surface area contributed by atoms with E-state index in [9.17, 15) is 9.18 Å². The summed E-state index contributed by atoms with van der Waals surface area (Å²) in [7, 11) is 0. The normalized spacial score (nSPS) is 15.2. The van der Waals surface area contributed by atoms with Crippen LogP contribution < -0.4 is 0 Å². The molecule has 0 spiro atoms. The van der Waals surface area contributed by atoms with Crippen LogP contribution in [0.25, 0.3) is 6.08 Å². The van der Waals surface area contributed by atoms with E-state index in [0.29, 0.717) is 11.1 Å². The fourth-order valence-electron chi connectivity index (χ4n) is 2.70. The van der Waals surface area contributed by atoms with Crippen molar-refractivity contribution in [2.45, 2.75) is 6.54 Å². The molecule has 2 aromatic carbocycles. The van der Waals surface area contributed by atoms with Gasteiger partial charge in [-0.25, -0.2) is 0 Å². The summed E-state index contributed by atoms with van der Waals surface area (Å²) in [5, 5.41) is 0. The quantitative estimate of drug-likeness (QED) is 0.623. The highest BCUT2D eigenvalue weighted by atomic mass is 19.1. The molecule has 132 valence electrons. The number of allylic oxidation sites excluding steroid dienone is 1. The number of benzene rings is 2. The van der Waals surface area contributed by atoms with E-state index in [4.69, 9.17) is 4.74 Å². The van der Waals surface area contributed by atoms with Gasteiger partial charge in [-0.3, -0.25) is 9.69 Å². The lowest BCUT2D eigenvalue weighted by molar-refractivity contribution is 0.0342. The molecule has 1 aliphatic heterocycles. The SMILES string of the molecule is O=Cc1ccc(C=C(F)C#Cc2ccc(CN3CCOCC3)cc2)cc1. The lowest BCUT2D eigenvalue weighted by Crippen LogP contribution is -2.35. The lowest BCUT2D eigenvalue weighted by atomic mass is 10.1. The van der Waals surface area contributed by atoms with Crippen LogP contribution in [-0.2, 0) is 11.3 Å². The summed E-state index contributed by atoms with van der Waals surface area (Å²) in [5.74, 6) is 4.85. The zero-order valence-electron chi connectivity index (χ0n) is 14.5. The number of aldehydes is 1. The van der Waals surface area contributed by atoms with Crippen molar-refractivity contribution in [2.75, 3.05) is 26.3 Å². The summed E-state index contributed by atoms with van der Waals surface area (Å²) in [6.07, 6.45) is 2.11. The monoisotopic (exact) mass is 349 g/mol. The van der Waals surface area contributed by atoms with E-state index in [-0.39, 0.29) is 0 Å². The lowest BCUT2D eigenvalue weighted by Gasteiger charge is -2.26. The third-order valence-corrected chi connectivity index (χ3v) is 4.16. The zero-order valence-corrected chi connectivity index (χ0v) is 14.5. The fourth-order valence-corrected chi connectivity index (χ4v) is 2.70. The van der Waals surface area contributed by atoms with Crippen LogP contribution in [0.15, 0.2) is 54.4 Å². The summed E-state index contributed by atoms with van der Waals surface area (Å²) < 4.78 is 19.3. The molecule has 1 fully saturated rings. The Balaban J connectivity index is 1.61. The molecule has 0 N–H and O–H groups in total. The molecular formula is C22H20FNO2. The van der Waals surface area contributed by atoms with Crippen molar-refractivity contribution < 1.29 is 13.9 Å². The van der Waals surface area contributed by atoms with E-state index in [0.717, 1.165) is 44.7 Å². The maximum atomic E-state index is 13.9. The van der Waals surface area contributed by atoms with E-state index >= 15 is 0 Å². The Bertz CT molecular complexity index is 823. The molecule has 0 amide bonds. The van der Waals surface area contributed by atoms with Crippen molar-refractivity contribution in [1.82, 2.24) is 4.90 Å². The zero-order chi connectivity index (χ0) is 18.2. The highest BCUT2D eigenvalue weighted by Gasteiger charge is 2.10. The molecule has 2 aromatic rings. The van der Waals surface area contributed by atoms with Gasteiger partial charge in [0.25, 0.3) is 0 Å². The summed E-state index contributed by atoms with van der Waals surface area (Å²) in [4.78, 5) is 13.0. The van der Waals surface area contributed by atoms with Crippen LogP contribution in [0.4, 0.5) is 4.39 Å². The minimum atomic E-state index is -0.513. The van der Waals surface area contributed by atoms with Gasteiger partial charge in [-0.15, -0.1) is 0 Å². The molecule has 0 saturated carbocycles. The Morgan fingerprint density at radius 2 is 1.69 bits per heavy atom. The second-order valence-corrected chi connectivity index (χ2v) is 6.11. The van der Waals surface area contributed by atoms with E-state index < -0.39 is 5.83 Å². The molecule has 0 radical (unpaired) electrons. The minimum absolute atomic E-state index is 0.513. The van der Waals surface area contributed by atoms with Gasteiger partial charge >= 0.3 is 0 Å². The Kier molecular flexibility index (Phi) is 6.32. The van der Waals surface area contributed by atoms with Gasteiger partial charge in [0.15, 0.2) is 5.83 Å². The van der Waals surface area contributed by atoms with Gasteiger partial charge in [-0.2, -0.15) is 4.39 Å². The van der Waals surface area contributed by atoms with Gasteiger partial charge in [0, 0.05) is 30.8 Å². The standard InChI is InChI=1S/C22H20FNO2/c23-22(15-19-3-7-21(17-25)8-4-19)10-9-18-1-5-20(6-2-18)16-24-11-13-26-14-12-24/h1-8,15,17H,11-14,16H2. The molecule has 0 bridgehead atoms. The molecular weight excluding hydrogens is 329 g/mol. The first kappa shape index (κ1) is 18.1. The molecule has 1 heterocycles. The smallest absolute Gasteiger partial charge is 0.174 e. The van der Waals surface area contributed by atoms with Gasteiger partial charge in [-0.05, 0) is 35.3 Å².